The third kappa shape index (κ3) is 5.30. The largest absolute Gasteiger partial charge is 0.487 e. The van der Waals surface area contributed by atoms with Gasteiger partial charge < -0.3 is 9.84 Å². The number of benzene rings is 1. The molecule has 0 aliphatic heterocycles. The second-order valence-corrected chi connectivity index (χ2v) is 4.92. The topological polar surface area (TPSA) is 46.5 Å². The number of halogens is 2. The zero-order valence-electron chi connectivity index (χ0n) is 10.4. The Morgan fingerprint density at radius 1 is 1.42 bits per heavy atom. The highest BCUT2D eigenvalue weighted by Gasteiger charge is 2.11. The summed E-state index contributed by atoms with van der Waals surface area (Å²) in [5, 5.41) is 8.43. The van der Waals surface area contributed by atoms with Gasteiger partial charge in [0.15, 0.2) is 17.4 Å². The minimum absolute atomic E-state index is 0.132. The molecule has 0 atom stereocenters. The van der Waals surface area contributed by atoms with Crippen LogP contribution in [0.25, 0.3) is 6.08 Å². The Balaban J connectivity index is 2.76. The number of aliphatic carboxylic acids is 1. The molecule has 0 aliphatic rings. The molecule has 0 bridgehead atoms. The fourth-order valence-corrected chi connectivity index (χ4v) is 1.82. The molecule has 0 saturated heterocycles. The number of carboxylic acid groups (broad SMARTS) is 1. The molecule has 0 spiro atoms. The van der Waals surface area contributed by atoms with Crippen LogP contribution >= 0.6 is 11.8 Å². The molecule has 1 rings (SSSR count). The second kappa shape index (κ2) is 7.78. The van der Waals surface area contributed by atoms with Gasteiger partial charge in [-0.15, -0.1) is 0 Å². The number of carboxylic acids is 1. The van der Waals surface area contributed by atoms with Gasteiger partial charge >= 0.3 is 5.97 Å². The first kappa shape index (κ1) is 15.5. The number of ether oxygens (including phenoxy) is 1. The SMILES string of the molecule is CCSCCOc1c(F)cc(/C=C/C(=O)O)cc1F. The van der Waals surface area contributed by atoms with Crippen molar-refractivity contribution in [2.75, 3.05) is 18.1 Å². The lowest BCUT2D eigenvalue weighted by Gasteiger charge is -2.08. The molecule has 0 amide bonds. The lowest BCUT2D eigenvalue weighted by molar-refractivity contribution is -0.131. The molecule has 19 heavy (non-hydrogen) atoms. The predicted octanol–water partition coefficient (Wildman–Crippen LogP) is 3.19. The maximum Gasteiger partial charge on any atom is 0.328 e. The van der Waals surface area contributed by atoms with E-state index in [0.717, 1.165) is 30.0 Å². The van der Waals surface area contributed by atoms with Crippen LogP contribution in [0, 0.1) is 11.6 Å². The van der Waals surface area contributed by atoms with Crippen molar-refractivity contribution in [1.82, 2.24) is 0 Å². The van der Waals surface area contributed by atoms with Crippen LogP contribution in [0.3, 0.4) is 0 Å². The van der Waals surface area contributed by atoms with Gasteiger partial charge in [-0.05, 0) is 29.5 Å². The van der Waals surface area contributed by atoms with Gasteiger partial charge in [0.2, 0.25) is 0 Å². The summed E-state index contributed by atoms with van der Waals surface area (Å²) in [6.07, 6.45) is 1.93. The van der Waals surface area contributed by atoms with Crippen LogP contribution in [0.1, 0.15) is 12.5 Å². The summed E-state index contributed by atoms with van der Waals surface area (Å²) < 4.78 is 32.2. The summed E-state index contributed by atoms with van der Waals surface area (Å²) in [4.78, 5) is 10.3. The van der Waals surface area contributed by atoms with E-state index in [-0.39, 0.29) is 12.2 Å². The fourth-order valence-electron chi connectivity index (χ4n) is 1.33. The van der Waals surface area contributed by atoms with Gasteiger partial charge in [0, 0.05) is 11.8 Å². The average molecular weight is 288 g/mol. The predicted molar refractivity (Wildman–Crippen MR) is 71.5 cm³/mol. The van der Waals surface area contributed by atoms with Gasteiger partial charge in [0.25, 0.3) is 0 Å². The van der Waals surface area contributed by atoms with Crippen LogP contribution in [-0.2, 0) is 4.79 Å². The molecular formula is C13H14F2O3S. The summed E-state index contributed by atoms with van der Waals surface area (Å²) >= 11 is 1.61. The van der Waals surface area contributed by atoms with Crippen LogP contribution in [0.5, 0.6) is 5.75 Å². The molecule has 0 unspecified atom stereocenters. The van der Waals surface area contributed by atoms with Gasteiger partial charge in [0.05, 0.1) is 6.61 Å². The Morgan fingerprint density at radius 2 is 2.05 bits per heavy atom. The van der Waals surface area contributed by atoms with Gasteiger partial charge in [-0.25, -0.2) is 13.6 Å². The highest BCUT2D eigenvalue weighted by Crippen LogP contribution is 2.24. The summed E-state index contributed by atoms with van der Waals surface area (Å²) in [5.41, 5.74) is 0.132. The zero-order valence-corrected chi connectivity index (χ0v) is 11.2. The van der Waals surface area contributed by atoms with Crippen LogP contribution in [-0.4, -0.2) is 29.2 Å². The van der Waals surface area contributed by atoms with E-state index < -0.39 is 23.4 Å². The van der Waals surface area contributed by atoms with Crippen molar-refractivity contribution in [3.63, 3.8) is 0 Å². The van der Waals surface area contributed by atoms with E-state index >= 15 is 0 Å². The van der Waals surface area contributed by atoms with Crippen LogP contribution < -0.4 is 4.74 Å². The lowest BCUT2D eigenvalue weighted by atomic mass is 10.2. The van der Waals surface area contributed by atoms with Crippen molar-refractivity contribution in [2.45, 2.75) is 6.92 Å². The molecule has 0 aliphatic carbocycles. The summed E-state index contributed by atoms with van der Waals surface area (Å²) in [5.74, 6) is -1.73. The number of hydrogen-bond acceptors (Lipinski definition) is 3. The Hall–Kier alpha value is -1.56. The molecule has 1 aromatic carbocycles. The average Bonchev–Trinajstić information content (AvgIpc) is 2.34. The molecule has 0 radical (unpaired) electrons. The monoisotopic (exact) mass is 288 g/mol. The Morgan fingerprint density at radius 3 is 2.58 bits per heavy atom. The van der Waals surface area contributed by atoms with E-state index in [9.17, 15) is 13.6 Å². The molecule has 104 valence electrons. The van der Waals surface area contributed by atoms with E-state index in [0.29, 0.717) is 5.75 Å². The van der Waals surface area contributed by atoms with Crippen LogP contribution in [0.2, 0.25) is 0 Å². The normalized spacial score (nSPS) is 10.9. The van der Waals surface area contributed by atoms with E-state index in [1.54, 1.807) is 11.8 Å². The van der Waals surface area contributed by atoms with Crippen LogP contribution in [0.4, 0.5) is 8.78 Å². The van der Waals surface area contributed by atoms with E-state index in [1.807, 2.05) is 6.92 Å². The number of hydrogen-bond donors (Lipinski definition) is 1. The molecule has 1 N–H and O–H groups in total. The Kier molecular flexibility index (Phi) is 6.35. The van der Waals surface area contributed by atoms with E-state index in [2.05, 4.69) is 0 Å². The third-order valence-corrected chi connectivity index (χ3v) is 2.98. The third-order valence-electron chi connectivity index (χ3n) is 2.12. The molecule has 1 aromatic rings. The van der Waals surface area contributed by atoms with Gasteiger partial charge in [-0.2, -0.15) is 11.8 Å². The van der Waals surface area contributed by atoms with Crippen molar-refractivity contribution < 1.29 is 23.4 Å². The minimum atomic E-state index is -1.18. The first-order valence-electron chi connectivity index (χ1n) is 5.65. The molecule has 0 heterocycles. The number of rotatable bonds is 7. The standard InChI is InChI=1S/C13H14F2O3S/c1-2-19-6-5-18-13-10(14)7-9(8-11(13)15)3-4-12(16)17/h3-4,7-8H,2,5-6H2,1H3,(H,16,17)/b4-3+. The molecule has 0 aromatic heterocycles. The summed E-state index contributed by atoms with van der Waals surface area (Å²) in [7, 11) is 0. The summed E-state index contributed by atoms with van der Waals surface area (Å²) in [6, 6.07) is 2.07. The van der Waals surface area contributed by atoms with E-state index in [4.69, 9.17) is 9.84 Å². The number of thioether (sulfide) groups is 1. The maximum atomic E-state index is 13.6. The van der Waals surface area contributed by atoms with E-state index in [1.165, 1.54) is 0 Å². The molecule has 0 fully saturated rings. The Labute approximate surface area is 114 Å². The minimum Gasteiger partial charge on any atom is -0.487 e. The molecular weight excluding hydrogens is 274 g/mol. The molecule has 3 nitrogen and oxygen atoms in total. The highest BCUT2D eigenvalue weighted by molar-refractivity contribution is 7.99. The second-order valence-electron chi connectivity index (χ2n) is 3.53. The van der Waals surface area contributed by atoms with Crippen molar-refractivity contribution in [1.29, 1.82) is 0 Å². The van der Waals surface area contributed by atoms with Crippen molar-refractivity contribution in [3.05, 3.63) is 35.4 Å². The van der Waals surface area contributed by atoms with Crippen molar-refractivity contribution in [3.8, 4) is 5.75 Å². The maximum absolute atomic E-state index is 13.6. The fraction of sp³-hybridized carbons (Fsp3) is 0.308. The quantitative estimate of drug-likeness (QED) is 0.618. The first-order chi connectivity index (χ1) is 9.04. The molecule has 0 saturated carbocycles. The van der Waals surface area contributed by atoms with Crippen LogP contribution in [0.15, 0.2) is 18.2 Å². The van der Waals surface area contributed by atoms with Crippen molar-refractivity contribution >= 4 is 23.8 Å². The Bertz CT molecular complexity index is 452. The van der Waals surface area contributed by atoms with Gasteiger partial charge in [-0.1, -0.05) is 6.92 Å². The van der Waals surface area contributed by atoms with Gasteiger partial charge in [0.1, 0.15) is 0 Å². The number of carbonyl (C=O) groups is 1. The summed E-state index contributed by atoms with van der Waals surface area (Å²) in [6.45, 7) is 2.20. The smallest absolute Gasteiger partial charge is 0.328 e. The van der Waals surface area contributed by atoms with Crippen molar-refractivity contribution in [2.24, 2.45) is 0 Å². The highest BCUT2D eigenvalue weighted by atomic mass is 32.2. The van der Waals surface area contributed by atoms with Gasteiger partial charge in [-0.3, -0.25) is 0 Å². The zero-order chi connectivity index (χ0) is 14.3. The first-order valence-corrected chi connectivity index (χ1v) is 6.80. The lowest BCUT2D eigenvalue weighted by Crippen LogP contribution is -2.04. The molecule has 6 heteroatoms.